The Bertz CT molecular complexity index is 287. The maximum atomic E-state index is 10.6. The third kappa shape index (κ3) is 2.39. The highest BCUT2D eigenvalue weighted by atomic mass is 17.2. The quantitative estimate of drug-likeness (QED) is 0.680. The molecule has 0 aliphatic carbocycles. The van der Waals surface area contributed by atoms with Gasteiger partial charge < -0.3 is 9.80 Å². The number of carbonyl (C=O) groups excluding carboxylic acids is 1. The topological polar surface area (TPSA) is 42.0 Å². The van der Waals surface area contributed by atoms with Gasteiger partial charge in [-0.15, -0.1) is 0 Å². The molecule has 3 aliphatic rings. The van der Waals surface area contributed by atoms with Gasteiger partial charge in [-0.05, 0) is 25.7 Å². The minimum atomic E-state index is 0.00771. The summed E-state index contributed by atoms with van der Waals surface area (Å²) in [6.45, 7) is 4.65. The van der Waals surface area contributed by atoms with Gasteiger partial charge in [0.1, 0.15) is 5.60 Å². The Morgan fingerprint density at radius 3 is 2.33 bits per heavy atom. The Kier molecular flexibility index (Phi) is 3.54. The van der Waals surface area contributed by atoms with Crippen LogP contribution in [0, 0.1) is 0 Å². The second kappa shape index (κ2) is 5.15. The Hall–Kier alpha value is -0.650. The van der Waals surface area contributed by atoms with Crippen LogP contribution in [-0.2, 0) is 14.6 Å². The summed E-state index contributed by atoms with van der Waals surface area (Å²) in [6.07, 6.45) is 7.36. The van der Waals surface area contributed by atoms with Crippen molar-refractivity contribution in [3.63, 3.8) is 0 Å². The van der Waals surface area contributed by atoms with Gasteiger partial charge in [0, 0.05) is 38.6 Å². The zero-order valence-corrected chi connectivity index (χ0v) is 10.8. The largest absolute Gasteiger partial charge is 0.334 e. The first-order valence-corrected chi connectivity index (χ1v) is 6.99. The van der Waals surface area contributed by atoms with Gasteiger partial charge in [0.15, 0.2) is 0 Å². The van der Waals surface area contributed by atoms with Crippen molar-refractivity contribution in [3.8, 4) is 0 Å². The second-order valence-corrected chi connectivity index (χ2v) is 5.68. The van der Waals surface area contributed by atoms with Crippen LogP contribution < -0.4 is 0 Å². The first-order valence-electron chi connectivity index (χ1n) is 6.99. The summed E-state index contributed by atoms with van der Waals surface area (Å²) in [7, 11) is 0. The third-order valence-corrected chi connectivity index (χ3v) is 4.70. The van der Waals surface area contributed by atoms with E-state index in [9.17, 15) is 4.79 Å². The van der Waals surface area contributed by atoms with E-state index in [0.29, 0.717) is 6.04 Å². The summed E-state index contributed by atoms with van der Waals surface area (Å²) >= 11 is 0. The Morgan fingerprint density at radius 2 is 1.78 bits per heavy atom. The van der Waals surface area contributed by atoms with Crippen LogP contribution in [0.3, 0.4) is 0 Å². The molecule has 0 aromatic rings. The van der Waals surface area contributed by atoms with Crippen molar-refractivity contribution in [2.75, 3.05) is 32.8 Å². The minimum absolute atomic E-state index is 0.00771. The fraction of sp³-hybridized carbons (Fsp3) is 0.923. The standard InChI is InChI=1S/C13H21N2O3/c16-11-14-6-1-12(2-7-14)15-8-3-13(4-9-15)5-10-17-18-13/h12H,1-10H2. The lowest BCUT2D eigenvalue weighted by molar-refractivity contribution is -0.316. The molecule has 3 aliphatic heterocycles. The predicted molar refractivity (Wildman–Crippen MR) is 65.5 cm³/mol. The summed E-state index contributed by atoms with van der Waals surface area (Å²) in [5, 5.41) is 0. The first-order chi connectivity index (χ1) is 8.81. The summed E-state index contributed by atoms with van der Waals surface area (Å²) in [5.74, 6) is 0. The molecule has 3 heterocycles. The van der Waals surface area contributed by atoms with Crippen molar-refractivity contribution >= 4 is 6.41 Å². The van der Waals surface area contributed by atoms with Crippen LogP contribution in [0.5, 0.6) is 0 Å². The molecule has 0 bridgehead atoms. The van der Waals surface area contributed by atoms with Crippen LogP contribution in [-0.4, -0.2) is 60.6 Å². The molecule has 3 fully saturated rings. The lowest BCUT2D eigenvalue weighted by Crippen LogP contribution is -2.51. The van der Waals surface area contributed by atoms with E-state index in [2.05, 4.69) is 4.90 Å². The highest BCUT2D eigenvalue weighted by molar-refractivity contribution is 5.48. The summed E-state index contributed by atoms with van der Waals surface area (Å²) in [6, 6.07) is 0.634. The van der Waals surface area contributed by atoms with Crippen molar-refractivity contribution in [2.24, 2.45) is 0 Å². The summed E-state index contributed by atoms with van der Waals surface area (Å²) < 4.78 is 0. The van der Waals surface area contributed by atoms with E-state index in [1.807, 2.05) is 6.41 Å². The van der Waals surface area contributed by atoms with E-state index in [-0.39, 0.29) is 5.60 Å². The number of rotatable bonds is 2. The van der Waals surface area contributed by atoms with Crippen molar-refractivity contribution in [3.05, 3.63) is 0 Å². The fourth-order valence-corrected chi connectivity index (χ4v) is 3.39. The van der Waals surface area contributed by atoms with Gasteiger partial charge >= 0.3 is 6.41 Å². The van der Waals surface area contributed by atoms with Crippen LogP contribution in [0.2, 0.25) is 0 Å². The Balaban J connectivity index is 1.49. The molecule has 0 aromatic carbocycles. The van der Waals surface area contributed by atoms with Gasteiger partial charge in [0.25, 0.3) is 0 Å². The van der Waals surface area contributed by atoms with Gasteiger partial charge in [-0.3, -0.25) is 4.79 Å². The maximum absolute atomic E-state index is 10.6. The van der Waals surface area contributed by atoms with Crippen LogP contribution in [0.1, 0.15) is 32.1 Å². The van der Waals surface area contributed by atoms with Gasteiger partial charge in [-0.25, -0.2) is 9.78 Å². The molecule has 1 amide bonds. The van der Waals surface area contributed by atoms with Crippen LogP contribution in [0.4, 0.5) is 0 Å². The first kappa shape index (κ1) is 12.4. The number of piperidine rings is 2. The van der Waals surface area contributed by atoms with Crippen LogP contribution >= 0.6 is 0 Å². The molecular weight excluding hydrogens is 232 g/mol. The van der Waals surface area contributed by atoms with Gasteiger partial charge in [-0.2, -0.15) is 0 Å². The van der Waals surface area contributed by atoms with E-state index in [0.717, 1.165) is 64.9 Å². The maximum Gasteiger partial charge on any atom is 0.312 e. The second-order valence-electron chi connectivity index (χ2n) is 5.68. The highest BCUT2D eigenvalue weighted by Gasteiger charge is 2.41. The molecule has 0 N–H and O–H groups in total. The van der Waals surface area contributed by atoms with Crippen molar-refractivity contribution < 1.29 is 14.6 Å². The number of hydrogen-bond acceptors (Lipinski definition) is 4. The Morgan fingerprint density at radius 1 is 1.06 bits per heavy atom. The molecule has 5 heteroatoms. The van der Waals surface area contributed by atoms with E-state index < -0.39 is 0 Å². The van der Waals surface area contributed by atoms with Gasteiger partial charge in [0.2, 0.25) is 0 Å². The average Bonchev–Trinajstić information content (AvgIpc) is 2.88. The lowest BCUT2D eigenvalue weighted by Gasteiger charge is -2.43. The fourth-order valence-electron chi connectivity index (χ4n) is 3.39. The SMILES string of the molecule is O=[C]N1CCC(N2CCC3(CCOO3)CC2)CC1. The molecule has 0 aromatic heterocycles. The Labute approximate surface area is 108 Å². The normalized spacial score (nSPS) is 29.9. The molecule has 18 heavy (non-hydrogen) atoms. The van der Waals surface area contributed by atoms with E-state index >= 15 is 0 Å². The number of hydrogen-bond donors (Lipinski definition) is 0. The molecule has 3 rings (SSSR count). The molecule has 0 unspecified atom stereocenters. The van der Waals surface area contributed by atoms with E-state index in [4.69, 9.17) is 9.78 Å². The smallest absolute Gasteiger partial charge is 0.312 e. The molecule has 1 spiro atoms. The predicted octanol–water partition coefficient (Wildman–Crippen LogP) is 0.704. The van der Waals surface area contributed by atoms with Crippen molar-refractivity contribution in [1.82, 2.24) is 9.80 Å². The van der Waals surface area contributed by atoms with Gasteiger partial charge in [0.05, 0.1) is 6.61 Å². The molecule has 0 saturated carbocycles. The molecular formula is C13H21N2O3. The third-order valence-electron chi connectivity index (χ3n) is 4.70. The molecule has 1 radical (unpaired) electrons. The van der Waals surface area contributed by atoms with Gasteiger partial charge in [-0.1, -0.05) is 0 Å². The molecule has 0 atom stereocenters. The monoisotopic (exact) mass is 253 g/mol. The van der Waals surface area contributed by atoms with Crippen molar-refractivity contribution in [1.29, 1.82) is 0 Å². The molecule has 3 saturated heterocycles. The minimum Gasteiger partial charge on any atom is -0.334 e. The highest BCUT2D eigenvalue weighted by Crippen LogP contribution is 2.35. The summed E-state index contributed by atoms with van der Waals surface area (Å²) in [4.78, 5) is 25.4. The number of amides is 1. The van der Waals surface area contributed by atoms with Crippen molar-refractivity contribution in [2.45, 2.75) is 43.7 Å². The summed E-state index contributed by atoms with van der Waals surface area (Å²) in [5.41, 5.74) is 0.00771. The number of nitrogens with zero attached hydrogens (tertiary/aromatic N) is 2. The van der Waals surface area contributed by atoms with E-state index in [1.165, 1.54) is 0 Å². The van der Waals surface area contributed by atoms with Crippen LogP contribution in [0.15, 0.2) is 0 Å². The lowest BCUT2D eigenvalue weighted by atomic mass is 9.87. The zero-order valence-electron chi connectivity index (χ0n) is 10.8. The average molecular weight is 253 g/mol. The molecule has 5 nitrogen and oxygen atoms in total. The zero-order chi connectivity index (χ0) is 12.4. The number of likely N-dealkylation sites (tertiary alicyclic amines) is 2. The van der Waals surface area contributed by atoms with Crippen LogP contribution in [0.25, 0.3) is 0 Å². The molecule has 101 valence electrons. The van der Waals surface area contributed by atoms with E-state index in [1.54, 1.807) is 4.90 Å².